The summed E-state index contributed by atoms with van der Waals surface area (Å²) in [6, 6.07) is 60.7. The minimum atomic E-state index is 0.0559. The summed E-state index contributed by atoms with van der Waals surface area (Å²) < 4.78 is 2.48. The molecule has 0 spiro atoms. The Morgan fingerprint density at radius 1 is 0.519 bits per heavy atom. The summed E-state index contributed by atoms with van der Waals surface area (Å²) in [5, 5.41) is 8.96. The van der Waals surface area contributed by atoms with E-state index < -0.39 is 0 Å². The van der Waals surface area contributed by atoms with E-state index >= 15 is 0 Å². The molecular weight excluding hydrogens is 653 g/mol. The zero-order valence-corrected chi connectivity index (χ0v) is 31.1. The SMILES string of the molecule is CC(C)(C)c1ccc(N(c2ccc3c4c(n(-c5ccc(-c6ccccc6)cc5)c3c2)C=CCC4)c2cccc3c4ccccc4c4ccccc4c23)cc1. The van der Waals surface area contributed by atoms with E-state index in [2.05, 4.69) is 206 Å². The third-order valence-corrected chi connectivity index (χ3v) is 11.4. The Morgan fingerprint density at radius 2 is 1.11 bits per heavy atom. The number of nitrogens with zero attached hydrogens (tertiary/aromatic N) is 2. The molecule has 1 aliphatic rings. The Balaban J connectivity index is 1.24. The molecule has 0 saturated carbocycles. The summed E-state index contributed by atoms with van der Waals surface area (Å²) in [5.74, 6) is 0. The Hall–Kier alpha value is -6.38. The molecule has 0 amide bonds. The largest absolute Gasteiger partial charge is 0.310 e. The van der Waals surface area contributed by atoms with Crippen LogP contribution in [0, 0.1) is 0 Å². The molecule has 1 heterocycles. The highest BCUT2D eigenvalue weighted by atomic mass is 15.1. The van der Waals surface area contributed by atoms with Crippen LogP contribution < -0.4 is 4.90 Å². The van der Waals surface area contributed by atoms with Crippen LogP contribution in [0.5, 0.6) is 0 Å². The summed E-state index contributed by atoms with van der Waals surface area (Å²) in [7, 11) is 0. The maximum Gasteiger partial charge on any atom is 0.0558 e. The van der Waals surface area contributed by atoms with Gasteiger partial charge in [-0.1, -0.05) is 148 Å². The average molecular weight is 695 g/mol. The predicted octanol–water partition coefficient (Wildman–Crippen LogP) is 14.5. The molecule has 0 radical (unpaired) electrons. The molecule has 1 aromatic heterocycles. The van der Waals surface area contributed by atoms with Crippen molar-refractivity contribution in [3.63, 3.8) is 0 Å². The molecule has 54 heavy (non-hydrogen) atoms. The summed E-state index contributed by atoms with van der Waals surface area (Å²) >= 11 is 0. The molecule has 9 aromatic rings. The molecule has 260 valence electrons. The van der Waals surface area contributed by atoms with Crippen molar-refractivity contribution in [2.24, 2.45) is 0 Å². The minimum absolute atomic E-state index is 0.0559. The first-order chi connectivity index (χ1) is 26.4. The Labute approximate surface area is 317 Å². The highest BCUT2D eigenvalue weighted by Crippen LogP contribution is 2.46. The Morgan fingerprint density at radius 3 is 1.80 bits per heavy atom. The van der Waals surface area contributed by atoms with Crippen LogP contribution >= 0.6 is 0 Å². The highest BCUT2D eigenvalue weighted by molar-refractivity contribution is 6.28. The van der Waals surface area contributed by atoms with Gasteiger partial charge in [-0.25, -0.2) is 0 Å². The lowest BCUT2D eigenvalue weighted by atomic mass is 9.87. The first-order valence-corrected chi connectivity index (χ1v) is 19.2. The minimum Gasteiger partial charge on any atom is -0.310 e. The lowest BCUT2D eigenvalue weighted by Crippen LogP contribution is -2.13. The van der Waals surface area contributed by atoms with Crippen molar-refractivity contribution in [2.75, 3.05) is 4.90 Å². The van der Waals surface area contributed by atoms with Crippen LogP contribution in [0.15, 0.2) is 170 Å². The monoisotopic (exact) mass is 694 g/mol. The van der Waals surface area contributed by atoms with E-state index in [-0.39, 0.29) is 5.41 Å². The zero-order chi connectivity index (χ0) is 36.4. The molecule has 2 nitrogen and oxygen atoms in total. The molecule has 1 aliphatic carbocycles. The first-order valence-electron chi connectivity index (χ1n) is 19.2. The van der Waals surface area contributed by atoms with E-state index in [0.717, 1.165) is 24.2 Å². The van der Waals surface area contributed by atoms with E-state index in [1.54, 1.807) is 0 Å². The second-order valence-corrected chi connectivity index (χ2v) is 15.7. The first kappa shape index (κ1) is 32.3. The van der Waals surface area contributed by atoms with Gasteiger partial charge in [0.25, 0.3) is 0 Å². The molecule has 0 N–H and O–H groups in total. The van der Waals surface area contributed by atoms with Crippen LogP contribution in [-0.2, 0) is 11.8 Å². The van der Waals surface area contributed by atoms with Crippen LogP contribution in [0.3, 0.4) is 0 Å². The molecule has 0 atom stereocenters. The van der Waals surface area contributed by atoms with Crippen molar-refractivity contribution in [1.82, 2.24) is 4.57 Å². The number of benzene rings is 8. The van der Waals surface area contributed by atoms with Crippen LogP contribution in [0.4, 0.5) is 17.1 Å². The van der Waals surface area contributed by atoms with Crippen LogP contribution in [-0.4, -0.2) is 4.57 Å². The fourth-order valence-corrected chi connectivity index (χ4v) is 8.73. The molecule has 0 unspecified atom stereocenters. The Bertz CT molecular complexity index is 2840. The van der Waals surface area contributed by atoms with Gasteiger partial charge in [0.15, 0.2) is 0 Å². The van der Waals surface area contributed by atoms with Gasteiger partial charge < -0.3 is 9.47 Å². The van der Waals surface area contributed by atoms with E-state index in [1.807, 2.05) is 0 Å². The van der Waals surface area contributed by atoms with Gasteiger partial charge >= 0.3 is 0 Å². The van der Waals surface area contributed by atoms with Crippen LogP contribution in [0.25, 0.3) is 66.1 Å². The average Bonchev–Trinajstić information content (AvgIpc) is 3.55. The molecule has 2 heteroatoms. The van der Waals surface area contributed by atoms with Gasteiger partial charge in [-0.2, -0.15) is 0 Å². The number of fused-ring (bicyclic) bond motifs is 9. The summed E-state index contributed by atoms with van der Waals surface area (Å²) in [6.45, 7) is 6.85. The van der Waals surface area contributed by atoms with E-state index in [0.29, 0.717) is 0 Å². The van der Waals surface area contributed by atoms with Crippen molar-refractivity contribution in [3.05, 3.63) is 187 Å². The van der Waals surface area contributed by atoms with Crippen molar-refractivity contribution < 1.29 is 0 Å². The van der Waals surface area contributed by atoms with Crippen molar-refractivity contribution in [3.8, 4) is 16.8 Å². The summed E-state index contributed by atoms with van der Waals surface area (Å²) in [4.78, 5) is 2.49. The van der Waals surface area contributed by atoms with Gasteiger partial charge in [0, 0.05) is 33.5 Å². The third-order valence-electron chi connectivity index (χ3n) is 11.4. The highest BCUT2D eigenvalue weighted by Gasteiger charge is 2.24. The molecule has 8 aromatic carbocycles. The predicted molar refractivity (Wildman–Crippen MR) is 232 cm³/mol. The lowest BCUT2D eigenvalue weighted by Gasteiger charge is -2.29. The Kier molecular flexibility index (Phi) is 7.56. The fraction of sp³-hybridized carbons (Fsp3) is 0.115. The standard InChI is InChI=1S/C52H42N2/c1-52(2,3)37-26-30-38(31-27-37)53(49-23-13-21-47-43-17-8-7-16-41(43)42-18-9-10-20-46(42)51(47)49)40-32-33-45-44-19-11-12-22-48(44)54(50(45)34-40)39-28-24-36(25-29-39)35-14-5-4-6-15-35/h4-10,12-18,20-34H,11,19H2,1-3H3. The second-order valence-electron chi connectivity index (χ2n) is 15.7. The van der Waals surface area contributed by atoms with Crippen molar-refractivity contribution in [1.29, 1.82) is 0 Å². The molecule has 0 bridgehead atoms. The quantitative estimate of drug-likeness (QED) is 0.163. The topological polar surface area (TPSA) is 8.17 Å². The van der Waals surface area contributed by atoms with Crippen molar-refractivity contribution in [2.45, 2.75) is 39.0 Å². The molecular formula is C52H42N2. The van der Waals surface area contributed by atoms with Gasteiger partial charge in [-0.3, -0.25) is 0 Å². The number of anilines is 3. The lowest BCUT2D eigenvalue weighted by molar-refractivity contribution is 0.590. The normalized spacial score (nSPS) is 12.9. The van der Waals surface area contributed by atoms with E-state index in [1.165, 1.54) is 82.5 Å². The smallest absolute Gasteiger partial charge is 0.0558 e. The van der Waals surface area contributed by atoms with Crippen LogP contribution in [0.1, 0.15) is 44.0 Å². The number of allylic oxidation sites excluding steroid dienone is 1. The van der Waals surface area contributed by atoms with Gasteiger partial charge in [-0.05, 0) is 116 Å². The number of aryl methyl sites for hydroxylation is 1. The van der Waals surface area contributed by atoms with Gasteiger partial charge in [0.2, 0.25) is 0 Å². The number of hydrogen-bond acceptors (Lipinski definition) is 1. The van der Waals surface area contributed by atoms with Crippen molar-refractivity contribution >= 4 is 66.4 Å². The summed E-state index contributed by atoms with van der Waals surface area (Å²) in [6.07, 6.45) is 6.75. The van der Waals surface area contributed by atoms with E-state index in [4.69, 9.17) is 0 Å². The van der Waals surface area contributed by atoms with E-state index in [9.17, 15) is 0 Å². The second kappa shape index (κ2) is 12.6. The summed E-state index contributed by atoms with van der Waals surface area (Å²) in [5.41, 5.74) is 12.4. The van der Waals surface area contributed by atoms with Gasteiger partial charge in [0.1, 0.15) is 0 Å². The fourth-order valence-electron chi connectivity index (χ4n) is 8.73. The number of rotatable bonds is 5. The maximum atomic E-state index is 2.49. The molecule has 0 aliphatic heterocycles. The number of hydrogen-bond donors (Lipinski definition) is 0. The zero-order valence-electron chi connectivity index (χ0n) is 31.1. The number of aromatic nitrogens is 1. The van der Waals surface area contributed by atoms with Gasteiger partial charge in [0.05, 0.1) is 11.2 Å². The molecule has 0 fully saturated rings. The van der Waals surface area contributed by atoms with Gasteiger partial charge in [-0.15, -0.1) is 0 Å². The van der Waals surface area contributed by atoms with Crippen LogP contribution in [0.2, 0.25) is 0 Å². The molecule has 10 rings (SSSR count). The third kappa shape index (κ3) is 5.24. The maximum absolute atomic E-state index is 2.49. The molecule has 0 saturated heterocycles.